The molecule has 0 amide bonds. The number of nitrogens with zero attached hydrogens (tertiary/aromatic N) is 1. The summed E-state index contributed by atoms with van der Waals surface area (Å²) in [6, 6.07) is 7.15. The summed E-state index contributed by atoms with van der Waals surface area (Å²) in [6.07, 6.45) is 0. The molecule has 5 nitrogen and oxygen atoms in total. The van der Waals surface area contributed by atoms with E-state index in [1.165, 1.54) is 23.1 Å². The van der Waals surface area contributed by atoms with Gasteiger partial charge in [0.25, 0.3) is 5.56 Å². The minimum Gasteiger partial charge on any atom is -0.494 e. The molecule has 3 aromatic rings. The van der Waals surface area contributed by atoms with Crippen molar-refractivity contribution in [2.45, 2.75) is 26.5 Å². The second-order valence-electron chi connectivity index (χ2n) is 5.85. The van der Waals surface area contributed by atoms with Gasteiger partial charge >= 0.3 is 0 Å². The van der Waals surface area contributed by atoms with Crippen LogP contribution in [0.5, 0.6) is 5.75 Å². The Kier molecular flexibility index (Phi) is 5.78. The van der Waals surface area contributed by atoms with Crippen LogP contribution in [0.3, 0.4) is 0 Å². The van der Waals surface area contributed by atoms with E-state index in [1.54, 1.807) is 24.3 Å². The van der Waals surface area contributed by atoms with E-state index in [-0.39, 0.29) is 11.3 Å². The molecule has 3 rings (SSSR count). The van der Waals surface area contributed by atoms with E-state index < -0.39 is 0 Å². The summed E-state index contributed by atoms with van der Waals surface area (Å²) in [5.41, 5.74) is 1.54. The molecule has 0 atom stereocenters. The number of hydrogen-bond acceptors (Lipinski definition) is 6. The molecule has 0 fully saturated rings. The fraction of sp³-hybridized carbons (Fsp3) is 0.316. The van der Waals surface area contributed by atoms with Crippen LogP contribution in [-0.2, 0) is 5.75 Å². The van der Waals surface area contributed by atoms with E-state index >= 15 is 0 Å². The average molecular weight is 389 g/mol. The van der Waals surface area contributed by atoms with Crippen LogP contribution >= 0.6 is 23.1 Å². The second-order valence-corrected chi connectivity index (χ2v) is 8.04. The number of ketones is 1. The van der Waals surface area contributed by atoms with E-state index in [0.717, 1.165) is 21.0 Å². The molecule has 0 radical (unpaired) electrons. The highest BCUT2D eigenvalue weighted by Crippen LogP contribution is 2.26. The Bertz CT molecular complexity index is 990. The van der Waals surface area contributed by atoms with Crippen molar-refractivity contribution in [3.05, 3.63) is 56.4 Å². The number of aromatic amines is 1. The zero-order chi connectivity index (χ0) is 18.7. The van der Waals surface area contributed by atoms with Crippen molar-refractivity contribution >= 4 is 39.1 Å². The molecular weight excluding hydrogens is 368 g/mol. The molecule has 1 aromatic carbocycles. The smallest absolute Gasteiger partial charge is 0.259 e. The van der Waals surface area contributed by atoms with Crippen LogP contribution in [-0.4, -0.2) is 28.1 Å². The van der Waals surface area contributed by atoms with Gasteiger partial charge in [0.2, 0.25) is 0 Å². The normalized spacial score (nSPS) is 11.0. The van der Waals surface area contributed by atoms with Gasteiger partial charge in [-0.3, -0.25) is 9.59 Å². The van der Waals surface area contributed by atoms with Crippen LogP contribution in [0.1, 0.15) is 33.5 Å². The van der Waals surface area contributed by atoms with Gasteiger partial charge in [-0.2, -0.15) is 0 Å². The summed E-state index contributed by atoms with van der Waals surface area (Å²) in [6.45, 7) is 6.45. The SMILES string of the molecule is CCOc1ccc(C(=O)CSCc2nc3sc(C)c(C)c3c(=O)[nH]2)cc1. The Hall–Kier alpha value is -2.12. The summed E-state index contributed by atoms with van der Waals surface area (Å²) in [5.74, 6) is 2.23. The van der Waals surface area contributed by atoms with Gasteiger partial charge in [-0.25, -0.2) is 4.98 Å². The molecule has 2 aromatic heterocycles. The van der Waals surface area contributed by atoms with E-state index in [0.29, 0.717) is 34.9 Å². The van der Waals surface area contributed by atoms with Crippen molar-refractivity contribution in [1.82, 2.24) is 9.97 Å². The minimum absolute atomic E-state index is 0.0456. The number of ether oxygens (including phenoxy) is 1. The zero-order valence-electron chi connectivity index (χ0n) is 14.9. The number of H-pyrrole nitrogens is 1. The summed E-state index contributed by atoms with van der Waals surface area (Å²) in [4.78, 5) is 33.8. The van der Waals surface area contributed by atoms with Gasteiger partial charge in [-0.1, -0.05) is 0 Å². The maximum atomic E-state index is 12.3. The largest absolute Gasteiger partial charge is 0.494 e. The van der Waals surface area contributed by atoms with Crippen LogP contribution in [0.15, 0.2) is 29.1 Å². The van der Waals surface area contributed by atoms with E-state index in [2.05, 4.69) is 9.97 Å². The van der Waals surface area contributed by atoms with Crippen LogP contribution in [0.25, 0.3) is 10.2 Å². The number of aromatic nitrogens is 2. The molecule has 26 heavy (non-hydrogen) atoms. The number of thioether (sulfide) groups is 1. The van der Waals surface area contributed by atoms with E-state index in [4.69, 9.17) is 4.74 Å². The lowest BCUT2D eigenvalue weighted by atomic mass is 10.1. The maximum absolute atomic E-state index is 12.3. The monoisotopic (exact) mass is 388 g/mol. The molecule has 0 saturated heterocycles. The van der Waals surface area contributed by atoms with Crippen molar-refractivity contribution in [2.24, 2.45) is 0 Å². The standard InChI is InChI=1S/C19H20N2O3S2/c1-4-24-14-7-5-13(6-8-14)15(22)9-25-10-16-20-18(23)17-11(2)12(3)26-19(17)21-16/h5-8H,4,9-10H2,1-3H3,(H,20,21,23). The quantitative estimate of drug-likeness (QED) is 0.617. The number of benzene rings is 1. The first-order valence-electron chi connectivity index (χ1n) is 8.32. The average Bonchev–Trinajstić information content (AvgIpc) is 2.90. The molecule has 0 aliphatic heterocycles. The van der Waals surface area contributed by atoms with Gasteiger partial charge in [0, 0.05) is 10.4 Å². The van der Waals surface area contributed by atoms with Crippen LogP contribution in [0, 0.1) is 13.8 Å². The number of aryl methyl sites for hydroxylation is 2. The number of thiophene rings is 1. The third-order valence-electron chi connectivity index (χ3n) is 4.05. The van der Waals surface area contributed by atoms with Crippen molar-refractivity contribution in [1.29, 1.82) is 0 Å². The Labute approximate surface area is 159 Å². The van der Waals surface area contributed by atoms with Gasteiger partial charge < -0.3 is 9.72 Å². The Morgan fingerprint density at radius 2 is 2.00 bits per heavy atom. The number of rotatable bonds is 7. The third-order valence-corrected chi connectivity index (χ3v) is 6.09. The van der Waals surface area contributed by atoms with Gasteiger partial charge in [0.1, 0.15) is 16.4 Å². The van der Waals surface area contributed by atoms with Crippen molar-refractivity contribution in [3.8, 4) is 5.75 Å². The van der Waals surface area contributed by atoms with Crippen LogP contribution < -0.4 is 10.3 Å². The molecule has 0 bridgehead atoms. The number of fused-ring (bicyclic) bond motifs is 1. The highest BCUT2D eigenvalue weighted by atomic mass is 32.2. The fourth-order valence-corrected chi connectivity index (χ4v) is 4.43. The Balaban J connectivity index is 1.63. The van der Waals surface area contributed by atoms with Crippen molar-refractivity contribution in [3.63, 3.8) is 0 Å². The maximum Gasteiger partial charge on any atom is 0.259 e. The zero-order valence-corrected chi connectivity index (χ0v) is 16.6. The molecule has 0 spiro atoms. The Morgan fingerprint density at radius 1 is 1.27 bits per heavy atom. The summed E-state index contributed by atoms with van der Waals surface area (Å²) >= 11 is 2.97. The topological polar surface area (TPSA) is 72.0 Å². The summed E-state index contributed by atoms with van der Waals surface area (Å²) in [5, 5.41) is 0.673. The van der Waals surface area contributed by atoms with Gasteiger partial charge in [-0.15, -0.1) is 23.1 Å². The molecule has 0 aliphatic rings. The molecule has 0 saturated carbocycles. The predicted molar refractivity (Wildman–Crippen MR) is 108 cm³/mol. The summed E-state index contributed by atoms with van der Waals surface area (Å²) in [7, 11) is 0. The van der Waals surface area contributed by atoms with E-state index in [1.807, 2.05) is 20.8 Å². The van der Waals surface area contributed by atoms with Crippen LogP contribution in [0.2, 0.25) is 0 Å². The number of carbonyl (C=O) groups excluding carboxylic acids is 1. The van der Waals surface area contributed by atoms with Crippen molar-refractivity contribution in [2.75, 3.05) is 12.4 Å². The molecule has 136 valence electrons. The highest BCUT2D eigenvalue weighted by molar-refractivity contribution is 7.99. The first-order chi connectivity index (χ1) is 12.5. The molecule has 0 aliphatic carbocycles. The number of hydrogen-bond donors (Lipinski definition) is 1. The predicted octanol–water partition coefficient (Wildman–Crippen LogP) is 4.12. The molecular formula is C19H20N2O3S2. The summed E-state index contributed by atoms with van der Waals surface area (Å²) < 4.78 is 5.38. The number of nitrogens with one attached hydrogen (secondary N) is 1. The lowest BCUT2D eigenvalue weighted by Crippen LogP contribution is -2.11. The lowest BCUT2D eigenvalue weighted by Gasteiger charge is -2.05. The first-order valence-corrected chi connectivity index (χ1v) is 10.3. The Morgan fingerprint density at radius 3 is 2.69 bits per heavy atom. The molecule has 2 heterocycles. The highest BCUT2D eigenvalue weighted by Gasteiger charge is 2.12. The van der Waals surface area contributed by atoms with Gasteiger partial charge in [0.15, 0.2) is 5.78 Å². The number of carbonyl (C=O) groups is 1. The van der Waals surface area contributed by atoms with Crippen LogP contribution in [0.4, 0.5) is 0 Å². The second kappa shape index (κ2) is 8.05. The number of Topliss-reactive ketones (excluding diaryl/α,β-unsaturated/α-hetero) is 1. The van der Waals surface area contributed by atoms with Gasteiger partial charge in [-0.05, 0) is 50.6 Å². The van der Waals surface area contributed by atoms with Crippen molar-refractivity contribution < 1.29 is 9.53 Å². The minimum atomic E-state index is -0.106. The van der Waals surface area contributed by atoms with Gasteiger partial charge in [0.05, 0.1) is 23.5 Å². The fourth-order valence-electron chi connectivity index (χ4n) is 2.60. The molecule has 1 N–H and O–H groups in total. The van der Waals surface area contributed by atoms with E-state index in [9.17, 15) is 9.59 Å². The first kappa shape index (κ1) is 18.7. The third kappa shape index (κ3) is 3.99. The lowest BCUT2D eigenvalue weighted by molar-refractivity contribution is 0.102. The molecule has 0 unspecified atom stereocenters. The molecule has 7 heteroatoms.